The van der Waals surface area contributed by atoms with Gasteiger partial charge in [-0.15, -0.1) is 0 Å². The van der Waals surface area contributed by atoms with Crippen LogP contribution >= 0.6 is 0 Å². The van der Waals surface area contributed by atoms with E-state index in [9.17, 15) is 4.79 Å². The Bertz CT molecular complexity index is 880. The molecule has 0 saturated carbocycles. The minimum atomic E-state index is -0.280. The van der Waals surface area contributed by atoms with E-state index >= 15 is 0 Å². The summed E-state index contributed by atoms with van der Waals surface area (Å²) in [6.07, 6.45) is 0. The summed E-state index contributed by atoms with van der Waals surface area (Å²) in [7, 11) is 0. The fourth-order valence-electron chi connectivity index (χ4n) is 3.24. The second kappa shape index (κ2) is 8.19. The fourth-order valence-corrected chi connectivity index (χ4v) is 3.24. The molecule has 26 heavy (non-hydrogen) atoms. The van der Waals surface area contributed by atoms with Crippen molar-refractivity contribution in [2.75, 3.05) is 13.1 Å². The van der Waals surface area contributed by atoms with Crippen LogP contribution in [-0.2, 0) is 17.9 Å². The fraction of sp³-hybridized carbons (Fsp3) is 0.318. The number of carbonyl (C=O) groups excluding carboxylic acids is 1. The summed E-state index contributed by atoms with van der Waals surface area (Å²) in [6.45, 7) is 9.42. The molecule has 1 N–H and O–H groups in total. The van der Waals surface area contributed by atoms with E-state index in [-0.39, 0.29) is 12.6 Å². The maximum absolute atomic E-state index is 12.7. The first-order valence-electron chi connectivity index (χ1n) is 9.17. The van der Waals surface area contributed by atoms with Crippen LogP contribution in [0.25, 0.3) is 10.9 Å². The van der Waals surface area contributed by atoms with E-state index in [2.05, 4.69) is 41.9 Å². The number of hydrogen-bond acceptors (Lipinski definition) is 3. The highest BCUT2D eigenvalue weighted by atomic mass is 16.5. The molecule has 3 rings (SSSR count). The predicted octanol–water partition coefficient (Wildman–Crippen LogP) is 4.68. The van der Waals surface area contributed by atoms with Crippen LogP contribution in [-0.4, -0.2) is 28.9 Å². The zero-order chi connectivity index (χ0) is 18.5. The van der Waals surface area contributed by atoms with Crippen LogP contribution < -0.4 is 0 Å². The standard InChI is InChI=1S/C22H26N2O2/c1-4-24(5-2)14-18-11-12-20-19(13-18)21(16(3)23-20)22(25)26-15-17-9-7-6-8-10-17/h6-13,23H,4-5,14-15H2,1-3H3. The molecule has 0 aliphatic carbocycles. The van der Waals surface area contributed by atoms with Gasteiger partial charge in [0.1, 0.15) is 6.61 Å². The van der Waals surface area contributed by atoms with Gasteiger partial charge in [0.2, 0.25) is 0 Å². The van der Waals surface area contributed by atoms with Crippen LogP contribution in [0.2, 0.25) is 0 Å². The third-order valence-corrected chi connectivity index (χ3v) is 4.77. The molecule has 0 atom stereocenters. The summed E-state index contributed by atoms with van der Waals surface area (Å²) in [4.78, 5) is 18.4. The number of aryl methyl sites for hydroxylation is 1. The van der Waals surface area contributed by atoms with Gasteiger partial charge < -0.3 is 9.72 Å². The van der Waals surface area contributed by atoms with Gasteiger partial charge in [-0.25, -0.2) is 4.79 Å². The van der Waals surface area contributed by atoms with E-state index in [1.165, 1.54) is 5.56 Å². The summed E-state index contributed by atoms with van der Waals surface area (Å²) in [6, 6.07) is 16.0. The van der Waals surface area contributed by atoms with Crippen molar-refractivity contribution in [3.8, 4) is 0 Å². The molecule has 2 aromatic carbocycles. The molecule has 1 heterocycles. The third kappa shape index (κ3) is 3.97. The van der Waals surface area contributed by atoms with E-state index in [0.29, 0.717) is 5.56 Å². The van der Waals surface area contributed by atoms with Crippen molar-refractivity contribution in [3.05, 3.63) is 70.9 Å². The zero-order valence-electron chi connectivity index (χ0n) is 15.7. The van der Waals surface area contributed by atoms with Crippen LogP contribution in [0.3, 0.4) is 0 Å². The predicted molar refractivity (Wildman–Crippen MR) is 105 cm³/mol. The molecule has 1 aromatic heterocycles. The van der Waals surface area contributed by atoms with E-state index < -0.39 is 0 Å². The normalized spacial score (nSPS) is 11.2. The Morgan fingerprint density at radius 1 is 1.04 bits per heavy atom. The maximum Gasteiger partial charge on any atom is 0.340 e. The summed E-state index contributed by atoms with van der Waals surface area (Å²) in [5, 5.41) is 0.935. The average molecular weight is 350 g/mol. The number of nitrogens with zero attached hydrogens (tertiary/aromatic N) is 1. The van der Waals surface area contributed by atoms with Gasteiger partial charge in [0.05, 0.1) is 5.56 Å². The van der Waals surface area contributed by atoms with Gasteiger partial charge in [-0.1, -0.05) is 50.2 Å². The summed E-state index contributed by atoms with van der Waals surface area (Å²) in [5.41, 5.74) is 4.64. The SMILES string of the molecule is CCN(CC)Cc1ccc2[nH]c(C)c(C(=O)OCc3ccccc3)c2c1. The quantitative estimate of drug-likeness (QED) is 0.630. The van der Waals surface area contributed by atoms with Crippen molar-refractivity contribution in [2.24, 2.45) is 0 Å². The molecule has 0 saturated heterocycles. The maximum atomic E-state index is 12.7. The Balaban J connectivity index is 1.84. The number of nitrogens with one attached hydrogen (secondary N) is 1. The van der Waals surface area contributed by atoms with Crippen molar-refractivity contribution >= 4 is 16.9 Å². The van der Waals surface area contributed by atoms with E-state index in [4.69, 9.17) is 4.74 Å². The van der Waals surface area contributed by atoms with E-state index in [1.807, 2.05) is 37.3 Å². The number of fused-ring (bicyclic) bond motifs is 1. The molecule has 4 heteroatoms. The lowest BCUT2D eigenvalue weighted by Gasteiger charge is -2.18. The van der Waals surface area contributed by atoms with E-state index in [1.54, 1.807) is 0 Å². The lowest BCUT2D eigenvalue weighted by atomic mass is 10.1. The number of hydrogen-bond donors (Lipinski definition) is 1. The monoisotopic (exact) mass is 350 g/mol. The molecule has 4 nitrogen and oxygen atoms in total. The highest BCUT2D eigenvalue weighted by Gasteiger charge is 2.18. The lowest BCUT2D eigenvalue weighted by molar-refractivity contribution is 0.0474. The number of carbonyl (C=O) groups is 1. The largest absolute Gasteiger partial charge is 0.457 e. The average Bonchev–Trinajstić information content (AvgIpc) is 3.00. The Kier molecular flexibility index (Phi) is 5.74. The number of rotatable bonds is 7. The number of ether oxygens (including phenoxy) is 1. The van der Waals surface area contributed by atoms with Crippen LogP contribution in [0.5, 0.6) is 0 Å². The highest BCUT2D eigenvalue weighted by Crippen LogP contribution is 2.25. The molecule has 3 aromatic rings. The molecule has 0 fully saturated rings. The van der Waals surface area contributed by atoms with Crippen LogP contribution in [0.15, 0.2) is 48.5 Å². The molecule has 0 unspecified atom stereocenters. The van der Waals surface area contributed by atoms with Crippen molar-refractivity contribution in [1.82, 2.24) is 9.88 Å². The second-order valence-corrected chi connectivity index (χ2v) is 6.53. The molecule has 0 bridgehead atoms. The van der Waals surface area contributed by atoms with E-state index in [0.717, 1.165) is 41.8 Å². The first kappa shape index (κ1) is 18.2. The van der Waals surface area contributed by atoms with Crippen LogP contribution in [0, 0.1) is 6.92 Å². The van der Waals surface area contributed by atoms with Gasteiger partial charge in [-0.05, 0) is 43.3 Å². The number of H-pyrrole nitrogens is 1. The minimum absolute atomic E-state index is 0.280. The Hall–Kier alpha value is -2.59. The zero-order valence-corrected chi connectivity index (χ0v) is 15.7. The molecule has 0 aliphatic rings. The van der Waals surface area contributed by atoms with Crippen molar-refractivity contribution in [2.45, 2.75) is 33.9 Å². The summed E-state index contributed by atoms with van der Waals surface area (Å²) < 4.78 is 5.56. The van der Waals surface area contributed by atoms with Gasteiger partial charge in [-0.2, -0.15) is 0 Å². The molecular weight excluding hydrogens is 324 g/mol. The number of esters is 1. The molecule has 0 radical (unpaired) electrons. The molecule has 0 aliphatic heterocycles. The number of aromatic nitrogens is 1. The second-order valence-electron chi connectivity index (χ2n) is 6.53. The molecule has 136 valence electrons. The third-order valence-electron chi connectivity index (χ3n) is 4.77. The number of aromatic amines is 1. The number of benzene rings is 2. The topological polar surface area (TPSA) is 45.3 Å². The van der Waals surface area contributed by atoms with Gasteiger partial charge in [-0.3, -0.25) is 4.90 Å². The first-order chi connectivity index (χ1) is 12.6. The molecule has 0 spiro atoms. The van der Waals surface area contributed by atoms with Crippen LogP contribution in [0.4, 0.5) is 0 Å². The Labute approximate surface area is 154 Å². The summed E-state index contributed by atoms with van der Waals surface area (Å²) in [5.74, 6) is -0.280. The van der Waals surface area contributed by atoms with Crippen molar-refractivity contribution in [1.29, 1.82) is 0 Å². The molecular formula is C22H26N2O2. The first-order valence-corrected chi connectivity index (χ1v) is 9.17. The molecule has 0 amide bonds. The van der Waals surface area contributed by atoms with Gasteiger partial charge >= 0.3 is 5.97 Å². The summed E-state index contributed by atoms with van der Waals surface area (Å²) >= 11 is 0. The van der Waals surface area contributed by atoms with Crippen LogP contribution in [0.1, 0.15) is 41.0 Å². The van der Waals surface area contributed by atoms with Gasteiger partial charge in [0, 0.05) is 23.1 Å². The lowest BCUT2D eigenvalue weighted by Crippen LogP contribution is -2.22. The minimum Gasteiger partial charge on any atom is -0.457 e. The van der Waals surface area contributed by atoms with Gasteiger partial charge in [0.25, 0.3) is 0 Å². The van der Waals surface area contributed by atoms with Crippen molar-refractivity contribution < 1.29 is 9.53 Å². The van der Waals surface area contributed by atoms with Gasteiger partial charge in [0.15, 0.2) is 0 Å². The Morgan fingerprint density at radius 2 is 1.77 bits per heavy atom. The smallest absolute Gasteiger partial charge is 0.340 e. The van der Waals surface area contributed by atoms with Crippen molar-refractivity contribution in [3.63, 3.8) is 0 Å². The Morgan fingerprint density at radius 3 is 2.46 bits per heavy atom. The highest BCUT2D eigenvalue weighted by molar-refractivity contribution is 6.05.